The van der Waals surface area contributed by atoms with Gasteiger partial charge in [0.2, 0.25) is 0 Å². The molecule has 285 valence electrons. The third kappa shape index (κ3) is 15.6. The van der Waals surface area contributed by atoms with Gasteiger partial charge in [-0.05, 0) is 23.6 Å². The summed E-state index contributed by atoms with van der Waals surface area (Å²) in [6, 6.07) is 19.5. The zero-order chi connectivity index (χ0) is 40.0. The predicted octanol–water partition coefficient (Wildman–Crippen LogP) is 11.3. The Balaban J connectivity index is 0.000000486. The summed E-state index contributed by atoms with van der Waals surface area (Å²) in [5.41, 5.74) is 11.1. The molecule has 10 heteroatoms. The van der Waals surface area contributed by atoms with Gasteiger partial charge >= 0.3 is 178 Å². The topological polar surface area (TPSA) is 89.6 Å². The van der Waals surface area contributed by atoms with Crippen molar-refractivity contribution in [1.82, 2.24) is 4.98 Å². The van der Waals surface area contributed by atoms with Crippen molar-refractivity contribution < 1.29 is 39.7 Å². The van der Waals surface area contributed by atoms with Gasteiger partial charge in [0.25, 0.3) is 0 Å². The maximum absolute atomic E-state index is 13.3. The van der Waals surface area contributed by atoms with Crippen LogP contribution in [-0.2, 0) is 32.7 Å². The average molecular weight is 768 g/mol. The minimum absolute atomic E-state index is 0.0221. The number of carbonyl (C=O) groups is 1. The normalized spacial score (nSPS) is 13.2. The molecule has 1 heterocycles. The Labute approximate surface area is 323 Å². The second-order valence-corrected chi connectivity index (χ2v) is 12.6. The van der Waals surface area contributed by atoms with E-state index in [0.29, 0.717) is 17.7 Å². The number of nitrogens with one attached hydrogen (secondary N) is 1. The molecule has 1 fully saturated rings. The van der Waals surface area contributed by atoms with Gasteiger partial charge in [0.15, 0.2) is 0 Å². The number of aliphatic imine (C=N–C) groups is 1. The number of hydrogen-bond acceptors (Lipinski definition) is 6. The van der Waals surface area contributed by atoms with Gasteiger partial charge in [0.05, 0.1) is 0 Å². The smallest absolute Gasteiger partial charge is 0.119 e. The Hall–Kier alpha value is -4.47. The number of allylic oxidation sites excluding steroid dienone is 4. The molecule has 3 N–H and O–H groups in total. The maximum Gasteiger partial charge on any atom is 0.119 e. The summed E-state index contributed by atoms with van der Waals surface area (Å²) in [5, 5.41) is 3.19. The van der Waals surface area contributed by atoms with Crippen molar-refractivity contribution in [1.29, 1.82) is 0 Å². The number of carbonyl (C=O) groups excluding carboxylic acids is 1. The second-order valence-electron chi connectivity index (χ2n) is 12.0. The van der Waals surface area contributed by atoms with Crippen molar-refractivity contribution in [3.63, 3.8) is 0 Å². The van der Waals surface area contributed by atoms with Crippen LogP contribution < -0.4 is 11.1 Å². The SMILES string of the molecule is C=C(N=C/C(=C\C)c1cc(C(F)(F)F)cnc1[C](=[V])O/C(N)=C/CC)C1(C)CC1.C=C(c1ccccc1)c1ccccc1NC.CC.CCCCC=O. The number of rotatable bonds is 14. The Morgan fingerprint density at radius 1 is 1.08 bits per heavy atom. The largest absolute Gasteiger partial charge is 0.388 e. The van der Waals surface area contributed by atoms with Crippen LogP contribution in [-0.4, -0.2) is 28.9 Å². The van der Waals surface area contributed by atoms with Gasteiger partial charge in [-0.15, -0.1) is 0 Å². The van der Waals surface area contributed by atoms with Crippen molar-refractivity contribution in [3.05, 3.63) is 132 Å². The minimum atomic E-state index is -4.52. The summed E-state index contributed by atoms with van der Waals surface area (Å²) in [6.07, 6.45) is 7.66. The maximum atomic E-state index is 13.3. The molecule has 53 heavy (non-hydrogen) atoms. The number of nitrogens with two attached hydrogens (primary N) is 1. The summed E-state index contributed by atoms with van der Waals surface area (Å²) in [4.78, 5) is 18.0. The molecule has 0 radical (unpaired) electrons. The van der Waals surface area contributed by atoms with E-state index in [0.717, 1.165) is 73.0 Å². The first kappa shape index (κ1) is 46.6. The number of ether oxygens (including phenoxy) is 1. The van der Waals surface area contributed by atoms with Gasteiger partial charge in [-0.3, -0.25) is 0 Å². The Morgan fingerprint density at radius 2 is 1.70 bits per heavy atom. The molecule has 1 aliphatic carbocycles. The Bertz CT molecular complexity index is 1730. The number of aromatic nitrogens is 1. The van der Waals surface area contributed by atoms with E-state index in [-0.39, 0.29) is 27.0 Å². The number of pyridine rings is 1. The van der Waals surface area contributed by atoms with Gasteiger partial charge in [-0.25, -0.2) is 0 Å². The zero-order valence-electron chi connectivity index (χ0n) is 32.2. The molecule has 0 bridgehead atoms. The van der Waals surface area contributed by atoms with Crippen molar-refractivity contribution in [2.45, 2.75) is 86.2 Å². The number of halogens is 3. The number of hydrogen-bond donors (Lipinski definition) is 2. The van der Waals surface area contributed by atoms with Crippen LogP contribution in [0.5, 0.6) is 0 Å². The predicted molar refractivity (Wildman–Crippen MR) is 213 cm³/mol. The fourth-order valence-electron chi connectivity index (χ4n) is 4.54. The van der Waals surface area contributed by atoms with Gasteiger partial charge in [-0.1, -0.05) is 82.3 Å². The van der Waals surface area contributed by atoms with E-state index >= 15 is 0 Å². The monoisotopic (exact) mass is 767 g/mol. The molecular weight excluding hydrogens is 712 g/mol. The minimum Gasteiger partial charge on any atom is -0.388 e. The van der Waals surface area contributed by atoms with Gasteiger partial charge in [0, 0.05) is 24.7 Å². The molecule has 0 unspecified atom stereocenters. The average Bonchev–Trinajstić information content (AvgIpc) is 3.93. The van der Waals surface area contributed by atoms with Gasteiger partial charge in [0.1, 0.15) is 6.29 Å². The molecule has 0 aliphatic heterocycles. The van der Waals surface area contributed by atoms with Crippen LogP contribution in [0.25, 0.3) is 11.1 Å². The van der Waals surface area contributed by atoms with E-state index in [4.69, 9.17) is 10.5 Å². The molecule has 6 nitrogen and oxygen atoms in total. The third-order valence-electron chi connectivity index (χ3n) is 8.03. The first-order valence-electron chi connectivity index (χ1n) is 17.9. The van der Waals surface area contributed by atoms with Crippen molar-refractivity contribution in [2.75, 3.05) is 12.4 Å². The van der Waals surface area contributed by atoms with E-state index < -0.39 is 11.7 Å². The number of para-hydroxylation sites is 1. The second kappa shape index (κ2) is 24.0. The van der Waals surface area contributed by atoms with Gasteiger partial charge < -0.3 is 10.1 Å². The van der Waals surface area contributed by atoms with E-state index in [9.17, 15) is 18.0 Å². The van der Waals surface area contributed by atoms with E-state index in [1.165, 1.54) is 6.21 Å². The number of alkyl halides is 3. The van der Waals surface area contributed by atoms with E-state index in [2.05, 4.69) is 83.5 Å². The molecule has 1 saturated carbocycles. The summed E-state index contributed by atoms with van der Waals surface area (Å²) in [6.45, 7) is 19.9. The van der Waals surface area contributed by atoms with Crippen LogP contribution in [0.4, 0.5) is 18.9 Å². The molecule has 2 aromatic carbocycles. The Kier molecular flexibility index (Phi) is 21.1. The first-order valence-corrected chi connectivity index (χ1v) is 18.6. The number of nitrogens with zero attached hydrogens (tertiary/aromatic N) is 2. The summed E-state index contributed by atoms with van der Waals surface area (Å²) in [7, 11) is 1.93. The molecule has 3 aromatic rings. The quantitative estimate of drug-likeness (QED) is 0.0738. The summed E-state index contributed by atoms with van der Waals surface area (Å²) < 4.78 is 45.6. The Morgan fingerprint density at radius 3 is 2.21 bits per heavy atom. The van der Waals surface area contributed by atoms with Crippen molar-refractivity contribution in [2.24, 2.45) is 16.1 Å². The van der Waals surface area contributed by atoms with Crippen LogP contribution in [0.3, 0.4) is 0 Å². The number of benzene rings is 2. The fourth-order valence-corrected chi connectivity index (χ4v) is 4.98. The van der Waals surface area contributed by atoms with Crippen molar-refractivity contribution >= 4 is 33.7 Å². The van der Waals surface area contributed by atoms with Crippen LogP contribution in [0.2, 0.25) is 0 Å². The summed E-state index contributed by atoms with van der Waals surface area (Å²) in [5.74, 6) is 0.154. The van der Waals surface area contributed by atoms with E-state index in [1.54, 1.807) is 19.1 Å². The molecule has 0 spiro atoms. The summed E-state index contributed by atoms with van der Waals surface area (Å²) >= 11 is 2.16. The van der Waals surface area contributed by atoms with Crippen LogP contribution in [0, 0.1) is 5.41 Å². The van der Waals surface area contributed by atoms with E-state index in [1.807, 2.05) is 58.2 Å². The molecule has 0 saturated heterocycles. The number of anilines is 1. The zero-order valence-corrected chi connectivity index (χ0v) is 33.6. The molecular formula is C43H55F3N4O2V. The third-order valence-corrected chi connectivity index (χ3v) is 8.51. The number of unbranched alkanes of at least 4 members (excludes halogenated alkanes) is 2. The van der Waals surface area contributed by atoms with Crippen molar-refractivity contribution in [3.8, 4) is 0 Å². The standard InChI is InChI=1S/C21H24F3N3O.C15H15N.C5H10O.C2H6.V/c1-5-7-19(25)28-13-18-17(10-16(12-27-18)21(22,23)24)15(6-2)11-26-14(3)20(4)8-9-20;1-12(13-8-4-3-5-9-13)14-10-6-7-11-15(14)16-2;1-2-3-4-5-6;1-2;/h6-7,10-12H,3,5,8-9,25H2,1-2,4H3;3-11,16H,1H2,2H3;5H,2-4H2,1H3;1-2H3;/b15-6+,19-7+,26-11?;;;;. The molecule has 0 atom stereocenters. The molecule has 0 amide bonds. The first-order chi connectivity index (χ1) is 25.3. The van der Waals surface area contributed by atoms with Crippen LogP contribution >= 0.6 is 0 Å². The van der Waals surface area contributed by atoms with Gasteiger partial charge in [-0.2, -0.15) is 0 Å². The molecule has 4 rings (SSSR count). The molecule has 1 aliphatic rings. The van der Waals surface area contributed by atoms with Crippen LogP contribution in [0.1, 0.15) is 108 Å². The number of aldehydes is 1. The molecule has 1 aromatic heterocycles. The van der Waals surface area contributed by atoms with Crippen LogP contribution in [0.15, 0.2) is 109 Å². The fraction of sp³-hybridized carbons (Fsp3) is 0.349.